The van der Waals surface area contributed by atoms with Crippen molar-refractivity contribution in [2.24, 2.45) is 10.9 Å². The second-order valence-electron chi connectivity index (χ2n) is 6.03. The maximum atomic E-state index is 11.5. The zero-order valence-electron chi connectivity index (χ0n) is 15.0. The Labute approximate surface area is 149 Å². The lowest BCUT2D eigenvalue weighted by Gasteiger charge is -2.14. The summed E-state index contributed by atoms with van der Waals surface area (Å²) in [5, 5.41) is 6.42. The maximum absolute atomic E-state index is 11.5. The number of benzene rings is 1. The van der Waals surface area contributed by atoms with Crippen LogP contribution in [0, 0.1) is 5.92 Å². The minimum absolute atomic E-state index is 0.148. The molecule has 1 saturated heterocycles. The zero-order chi connectivity index (χ0) is 18.3. The third-order valence-electron chi connectivity index (χ3n) is 4.10. The summed E-state index contributed by atoms with van der Waals surface area (Å²) in [6.45, 7) is 3.82. The Bertz CT molecular complexity index is 704. The zero-order valence-corrected chi connectivity index (χ0v) is 15.9. The Kier molecular flexibility index (Phi) is 6.92. The van der Waals surface area contributed by atoms with E-state index in [9.17, 15) is 8.42 Å². The molecule has 0 aliphatic carbocycles. The molecule has 7 nitrogen and oxygen atoms in total. The van der Waals surface area contributed by atoms with E-state index in [1.807, 2.05) is 25.1 Å². The molecule has 1 heterocycles. The van der Waals surface area contributed by atoms with Crippen LogP contribution in [0.1, 0.15) is 18.9 Å². The van der Waals surface area contributed by atoms with Gasteiger partial charge in [0.15, 0.2) is 27.3 Å². The van der Waals surface area contributed by atoms with E-state index in [1.54, 1.807) is 14.2 Å². The first-order valence-electron chi connectivity index (χ1n) is 8.41. The molecule has 0 saturated carbocycles. The van der Waals surface area contributed by atoms with E-state index in [1.165, 1.54) is 0 Å². The van der Waals surface area contributed by atoms with Gasteiger partial charge in [0.05, 0.1) is 32.3 Å². The predicted molar refractivity (Wildman–Crippen MR) is 99.1 cm³/mol. The van der Waals surface area contributed by atoms with Crippen LogP contribution in [0.4, 0.5) is 0 Å². The topological polar surface area (TPSA) is 89.0 Å². The highest BCUT2D eigenvalue weighted by molar-refractivity contribution is 7.91. The van der Waals surface area contributed by atoms with Gasteiger partial charge in [0.2, 0.25) is 0 Å². The monoisotopic (exact) mass is 369 g/mol. The molecule has 0 amide bonds. The van der Waals surface area contributed by atoms with Crippen molar-refractivity contribution in [2.45, 2.75) is 19.9 Å². The van der Waals surface area contributed by atoms with Crippen molar-refractivity contribution in [3.63, 3.8) is 0 Å². The smallest absolute Gasteiger partial charge is 0.191 e. The van der Waals surface area contributed by atoms with Crippen molar-refractivity contribution >= 4 is 15.8 Å². The number of guanidine groups is 1. The molecule has 0 radical (unpaired) electrons. The molecule has 0 aromatic heterocycles. The van der Waals surface area contributed by atoms with Gasteiger partial charge in [-0.2, -0.15) is 0 Å². The SMILES string of the molecule is CCNC(=NCc1ccc(OC)c(OC)c1)NCC1CCS(=O)(=O)C1. The van der Waals surface area contributed by atoms with E-state index >= 15 is 0 Å². The highest BCUT2D eigenvalue weighted by Crippen LogP contribution is 2.27. The summed E-state index contributed by atoms with van der Waals surface area (Å²) in [5.74, 6) is 2.73. The molecule has 1 aliphatic heterocycles. The molecule has 140 valence electrons. The van der Waals surface area contributed by atoms with Crippen LogP contribution in [-0.4, -0.2) is 53.2 Å². The van der Waals surface area contributed by atoms with Gasteiger partial charge in [-0.25, -0.2) is 13.4 Å². The van der Waals surface area contributed by atoms with E-state index in [2.05, 4.69) is 15.6 Å². The fourth-order valence-corrected chi connectivity index (χ4v) is 4.63. The van der Waals surface area contributed by atoms with Gasteiger partial charge in [-0.1, -0.05) is 6.07 Å². The Morgan fingerprint density at radius 2 is 2.00 bits per heavy atom. The van der Waals surface area contributed by atoms with Crippen LogP contribution < -0.4 is 20.1 Å². The van der Waals surface area contributed by atoms with Gasteiger partial charge in [-0.15, -0.1) is 0 Å². The normalized spacial score (nSPS) is 19.5. The molecule has 1 atom stereocenters. The number of sulfone groups is 1. The average molecular weight is 369 g/mol. The number of methoxy groups -OCH3 is 2. The van der Waals surface area contributed by atoms with Crippen LogP contribution in [0.3, 0.4) is 0 Å². The van der Waals surface area contributed by atoms with Gasteiger partial charge < -0.3 is 20.1 Å². The molecular weight excluding hydrogens is 342 g/mol. The van der Waals surface area contributed by atoms with Crippen molar-refractivity contribution in [2.75, 3.05) is 38.8 Å². The molecule has 1 aromatic carbocycles. The molecule has 25 heavy (non-hydrogen) atoms. The Hall–Kier alpha value is -1.96. The highest BCUT2D eigenvalue weighted by atomic mass is 32.2. The van der Waals surface area contributed by atoms with Crippen molar-refractivity contribution in [3.05, 3.63) is 23.8 Å². The summed E-state index contributed by atoms with van der Waals surface area (Å²) in [6.07, 6.45) is 0.713. The second kappa shape index (κ2) is 8.94. The molecule has 2 N–H and O–H groups in total. The summed E-state index contributed by atoms with van der Waals surface area (Å²) in [4.78, 5) is 4.56. The summed E-state index contributed by atoms with van der Waals surface area (Å²) < 4.78 is 33.6. The molecule has 8 heteroatoms. The van der Waals surface area contributed by atoms with Gasteiger partial charge in [0.1, 0.15) is 0 Å². The number of nitrogens with zero attached hydrogens (tertiary/aromatic N) is 1. The van der Waals surface area contributed by atoms with Crippen molar-refractivity contribution in [1.82, 2.24) is 10.6 Å². The highest BCUT2D eigenvalue weighted by Gasteiger charge is 2.27. The number of aliphatic imine (C=N–C) groups is 1. The standard InChI is InChI=1S/C17H27N3O4S/c1-4-18-17(20-11-14-7-8-25(21,22)12-14)19-10-13-5-6-15(23-2)16(9-13)24-3/h5-6,9,14H,4,7-8,10-12H2,1-3H3,(H2,18,19,20). The number of nitrogens with one attached hydrogen (secondary N) is 2. The number of hydrogen-bond acceptors (Lipinski definition) is 5. The maximum Gasteiger partial charge on any atom is 0.191 e. The molecule has 1 aromatic rings. The fraction of sp³-hybridized carbons (Fsp3) is 0.588. The fourth-order valence-electron chi connectivity index (χ4n) is 2.77. The summed E-state index contributed by atoms with van der Waals surface area (Å²) in [6, 6.07) is 5.70. The summed E-state index contributed by atoms with van der Waals surface area (Å²) in [7, 11) is 0.355. The van der Waals surface area contributed by atoms with Crippen LogP contribution in [0.5, 0.6) is 11.5 Å². The molecule has 1 unspecified atom stereocenters. The molecular formula is C17H27N3O4S. The average Bonchev–Trinajstić information content (AvgIpc) is 2.96. The number of rotatable bonds is 7. The molecule has 2 rings (SSSR count). The Morgan fingerprint density at radius 1 is 1.24 bits per heavy atom. The molecule has 0 spiro atoms. The van der Waals surface area contributed by atoms with Gasteiger partial charge in [0, 0.05) is 13.1 Å². The van der Waals surface area contributed by atoms with E-state index in [-0.39, 0.29) is 11.7 Å². The van der Waals surface area contributed by atoms with Crippen LogP contribution in [0.2, 0.25) is 0 Å². The summed E-state index contributed by atoms with van der Waals surface area (Å²) in [5.41, 5.74) is 0.998. The number of hydrogen-bond donors (Lipinski definition) is 2. The first-order chi connectivity index (χ1) is 12.0. The van der Waals surface area contributed by atoms with Crippen LogP contribution in [-0.2, 0) is 16.4 Å². The Morgan fingerprint density at radius 3 is 2.60 bits per heavy atom. The van der Waals surface area contributed by atoms with Gasteiger partial charge >= 0.3 is 0 Å². The second-order valence-corrected chi connectivity index (χ2v) is 8.26. The van der Waals surface area contributed by atoms with E-state index < -0.39 is 9.84 Å². The van der Waals surface area contributed by atoms with E-state index in [0.29, 0.717) is 42.7 Å². The lowest BCUT2D eigenvalue weighted by molar-refractivity contribution is 0.354. The Balaban J connectivity index is 1.97. The third kappa shape index (κ3) is 5.81. The van der Waals surface area contributed by atoms with Crippen molar-refractivity contribution < 1.29 is 17.9 Å². The predicted octanol–water partition coefficient (Wildman–Crippen LogP) is 1.19. The number of ether oxygens (including phenoxy) is 2. The van der Waals surface area contributed by atoms with Crippen LogP contribution in [0.15, 0.2) is 23.2 Å². The van der Waals surface area contributed by atoms with E-state index in [4.69, 9.17) is 9.47 Å². The molecule has 1 fully saturated rings. The van der Waals surface area contributed by atoms with Crippen molar-refractivity contribution in [3.8, 4) is 11.5 Å². The van der Waals surface area contributed by atoms with Gasteiger partial charge in [0.25, 0.3) is 0 Å². The molecule has 1 aliphatic rings. The quantitative estimate of drug-likeness (QED) is 0.554. The molecule has 0 bridgehead atoms. The lowest BCUT2D eigenvalue weighted by atomic mass is 10.1. The lowest BCUT2D eigenvalue weighted by Crippen LogP contribution is -2.40. The summed E-state index contributed by atoms with van der Waals surface area (Å²) >= 11 is 0. The van der Waals surface area contributed by atoms with Crippen LogP contribution in [0.25, 0.3) is 0 Å². The van der Waals surface area contributed by atoms with Gasteiger partial charge in [-0.3, -0.25) is 0 Å². The van der Waals surface area contributed by atoms with Gasteiger partial charge in [-0.05, 0) is 37.0 Å². The minimum Gasteiger partial charge on any atom is -0.493 e. The van der Waals surface area contributed by atoms with Crippen LogP contribution >= 0.6 is 0 Å². The first kappa shape index (κ1) is 19.4. The first-order valence-corrected chi connectivity index (χ1v) is 10.2. The third-order valence-corrected chi connectivity index (χ3v) is 5.93. The largest absolute Gasteiger partial charge is 0.493 e. The van der Waals surface area contributed by atoms with Crippen molar-refractivity contribution in [1.29, 1.82) is 0 Å². The minimum atomic E-state index is -2.85. The van der Waals surface area contributed by atoms with E-state index in [0.717, 1.165) is 12.1 Å².